The molecule has 17 rings (SSSR count). The number of aromatic carboxylic acids is 2. The van der Waals surface area contributed by atoms with E-state index in [-0.39, 0.29) is 59.6 Å². The van der Waals surface area contributed by atoms with Crippen molar-refractivity contribution in [3.8, 4) is 11.5 Å². The SMILES string of the molecule is CCCc1c2oc(C(=O)O)cc(=O)c2cc2c(=O)cc(C(=O)O)n(CC)c12.CN(Cc1cc(Br)cc(Br)c1N)C1CCCCC1.CN1CC[C@]23CCCC[C@H]2[C@H]1Cc1ccc(O)cc13.COc1ccc2c(c1)[C@@]13CCCC[C@H]1[C@@H](C2)N(C)CC3.Cc1ncc([N+](=O)[O-])n1CCO.NNC(=O)c1ccncc1.Nc1c(Br)cc(Br)cc1CNC1CCC(O)CC1. The zero-order valence-corrected chi connectivity index (χ0v) is 78.2. The molecular formula is C93H119Br4N13O14. The average Bonchev–Trinajstić information content (AvgIpc) is 0.729. The molecule has 27 nitrogen and oxygen atoms in total. The van der Waals surface area contributed by atoms with Gasteiger partial charge in [0.25, 0.3) is 5.91 Å². The number of aliphatic hydroxyl groups excluding tert-OH is 2. The van der Waals surface area contributed by atoms with Crippen LogP contribution >= 0.6 is 63.7 Å². The summed E-state index contributed by atoms with van der Waals surface area (Å²) in [7, 11) is 8.63. The van der Waals surface area contributed by atoms with Crippen LogP contribution in [0.5, 0.6) is 11.5 Å². The maximum atomic E-state index is 12.6. The molecule has 9 aromatic rings. The normalized spacial score (nSPS) is 21.7. The van der Waals surface area contributed by atoms with E-state index < -0.39 is 33.5 Å². The lowest BCUT2D eigenvalue weighted by Crippen LogP contribution is -2.59. The van der Waals surface area contributed by atoms with Crippen LogP contribution in [0.25, 0.3) is 21.9 Å². The highest BCUT2D eigenvalue weighted by Crippen LogP contribution is 2.58. The Bertz CT molecular complexity index is 5370. The second kappa shape index (κ2) is 43.8. The monoisotopic (exact) mass is 1960 g/mol. The Balaban J connectivity index is 0.000000143. The number of likely N-dealkylation sites (tertiary alicyclic amines) is 2. The number of carbonyl (C=O) groups is 3. The third kappa shape index (κ3) is 22.4. The molecule has 4 saturated carbocycles. The number of hydrazine groups is 1. The van der Waals surface area contributed by atoms with Gasteiger partial charge in [-0.05, 0) is 286 Å². The van der Waals surface area contributed by atoms with Gasteiger partial charge in [-0.25, -0.2) is 25.0 Å². The molecule has 1 amide bonds. The minimum absolute atomic E-state index is 0.0680. The van der Waals surface area contributed by atoms with Crippen molar-refractivity contribution in [1.82, 2.24) is 44.5 Å². The van der Waals surface area contributed by atoms with Crippen LogP contribution in [0, 0.1) is 28.9 Å². The number of halogens is 4. The fourth-order valence-electron chi connectivity index (χ4n) is 20.4. The number of nitrogens with two attached hydrogens (primary N) is 3. The van der Waals surface area contributed by atoms with E-state index in [9.17, 15) is 54.5 Å². The lowest BCUT2D eigenvalue weighted by Gasteiger charge is -2.58. The maximum Gasteiger partial charge on any atom is 0.371 e. The predicted octanol–water partition coefficient (Wildman–Crippen LogP) is 16.5. The molecule has 31 heteroatoms. The zero-order valence-electron chi connectivity index (χ0n) is 71.9. The van der Waals surface area contributed by atoms with Crippen molar-refractivity contribution >= 4 is 121 Å². The topological polar surface area (TPSA) is 399 Å². The van der Waals surface area contributed by atoms with Crippen molar-refractivity contribution in [1.29, 1.82) is 0 Å². The minimum atomic E-state index is -1.39. The Kier molecular flexibility index (Phi) is 34.0. The molecule has 5 aromatic carbocycles. The quantitative estimate of drug-likeness (QED) is 0.0107. The van der Waals surface area contributed by atoms with Crippen molar-refractivity contribution in [3.63, 3.8) is 0 Å². The molecule has 124 heavy (non-hydrogen) atoms. The number of carbonyl (C=O) groups excluding carboxylic acids is 1. The molecule has 6 atom stereocenters. The van der Waals surface area contributed by atoms with Gasteiger partial charge in [0.2, 0.25) is 5.76 Å². The summed E-state index contributed by atoms with van der Waals surface area (Å²) in [5.41, 5.74) is 25.3. The first-order chi connectivity index (χ1) is 59.4. The van der Waals surface area contributed by atoms with Crippen LogP contribution in [0.2, 0.25) is 0 Å². The smallest absolute Gasteiger partial charge is 0.371 e. The molecule has 4 bridgehead atoms. The van der Waals surface area contributed by atoms with Crippen LogP contribution in [-0.4, -0.2) is 160 Å². The van der Waals surface area contributed by atoms with Crippen LogP contribution in [0.4, 0.5) is 17.2 Å². The Morgan fingerprint density at radius 3 is 1.84 bits per heavy atom. The summed E-state index contributed by atoms with van der Waals surface area (Å²) in [6.45, 7) is 9.79. The van der Waals surface area contributed by atoms with E-state index in [0.29, 0.717) is 57.9 Å². The number of carboxylic acids is 2. The van der Waals surface area contributed by atoms with Crippen molar-refractivity contribution < 1.29 is 54.0 Å². The first kappa shape index (κ1) is 96.2. The number of likely N-dealkylation sites (N-methyl/N-ethyl adjacent to an activating group) is 2. The third-order valence-corrected chi connectivity index (χ3v) is 28.9. The number of nitrogens with zero attached hydrogens (tertiary/aromatic N) is 8. The highest BCUT2D eigenvalue weighted by atomic mass is 79.9. The van der Waals surface area contributed by atoms with Gasteiger partial charge in [-0.2, -0.15) is 0 Å². The molecule has 668 valence electrons. The number of anilines is 2. The zero-order chi connectivity index (χ0) is 89.4. The van der Waals surface area contributed by atoms with Gasteiger partial charge in [0, 0.05) is 120 Å². The van der Waals surface area contributed by atoms with E-state index in [0.717, 1.165) is 121 Å². The number of phenolic OH excluding ortho intramolecular Hbond substituents is 1. The van der Waals surface area contributed by atoms with Crippen LogP contribution in [0.1, 0.15) is 218 Å². The number of imidazole rings is 1. The van der Waals surface area contributed by atoms with E-state index in [1.54, 1.807) is 44.2 Å². The minimum Gasteiger partial charge on any atom is -0.508 e. The number of aliphatic hydroxyl groups is 2. The van der Waals surface area contributed by atoms with Gasteiger partial charge < -0.3 is 76.0 Å². The number of fused-ring (bicyclic) bond motifs is 4. The number of amides is 1. The number of benzene rings is 5. The predicted molar refractivity (Wildman–Crippen MR) is 498 cm³/mol. The van der Waals surface area contributed by atoms with Crippen LogP contribution in [-0.2, 0) is 56.3 Å². The second-order valence-corrected chi connectivity index (χ2v) is 37.5. The number of rotatable bonds is 16. The summed E-state index contributed by atoms with van der Waals surface area (Å²) in [5.74, 6) is 5.07. The molecule has 13 N–H and O–H groups in total. The fourth-order valence-corrected chi connectivity index (χ4v) is 23.0. The summed E-state index contributed by atoms with van der Waals surface area (Å²) in [6, 6.07) is 30.2. The summed E-state index contributed by atoms with van der Waals surface area (Å²) >= 11 is 14.0. The number of pyridine rings is 2. The molecule has 4 aromatic heterocycles. The van der Waals surface area contributed by atoms with E-state index in [1.807, 2.05) is 36.6 Å². The molecule has 8 aliphatic rings. The number of hydrogen-bond acceptors (Lipinski definition) is 21. The largest absolute Gasteiger partial charge is 0.508 e. The number of methoxy groups -OCH3 is 1. The standard InChI is InChI=1S/C19H17NO7.C18H25NO.C17H23NO.C14H20Br2N2.C13H18Br2N2O.C6H9N3O3.C6H7N3O/c1-3-5-9-16-10(13(21)7-12(18(23)24)20(16)4-2)6-11-14(22)8-15(19(25)26)27-17(9)11;1-19-10-9-18-8-4-3-5-15(18)17(19)11-13-6-7-14(20-2)12-16(13)18;1-18-9-8-17-7-3-2-4-14(17)16(18)10-12-5-6-13(19)11-15(12)17;1-18(12-5-3-2-4-6-12)9-10-7-11(15)8-13(16)14(10)17;14-9-5-8(13(16)12(15)6-9)7-17-10-1-3-11(18)4-2-10;1-5-7-4-6(9(11)12)8(5)2-3-10;7-9-6(10)5-1-3-8-4-2-5/h6-8H,3-5H2,1-2H3,(H,23,24)(H,25,26);6-7,12,15,17H,3-5,8-11H2,1-2H3;5-6,11,14,16,19H,2-4,7-10H2,1H3;7-8,12H,2-6,9,17H2,1H3;5-6,10-11,17-18H,1-4,7,16H2;4,10H,2-3H2,1H3;1-4H,7H2,(H,9,10)/t;15-,17+,18+;14-,16+,17+;;;;/m.00..../s1. The Morgan fingerprint density at radius 1 is 0.710 bits per heavy atom. The summed E-state index contributed by atoms with van der Waals surface area (Å²) < 4.78 is 17.8. The molecule has 2 aliphatic heterocycles. The number of aromatic nitrogens is 4. The molecular weight excluding hydrogens is 1840 g/mol. The van der Waals surface area contributed by atoms with E-state index in [1.165, 1.54) is 173 Å². The number of aryl methyl sites for hydroxylation is 3. The average molecular weight is 1960 g/mol. The number of piperidine rings is 2. The van der Waals surface area contributed by atoms with E-state index in [2.05, 4.69) is 151 Å². The van der Waals surface area contributed by atoms with Crippen molar-refractivity contribution in [2.75, 3.05) is 59.4 Å². The lowest BCUT2D eigenvalue weighted by atomic mass is 9.52. The number of aromatic hydroxyl groups is 1. The van der Waals surface area contributed by atoms with Gasteiger partial charge in [0.05, 0.1) is 42.1 Å². The molecule has 6 fully saturated rings. The number of carboxylic acid groups (broad SMARTS) is 2. The van der Waals surface area contributed by atoms with Gasteiger partial charge in [0.15, 0.2) is 16.7 Å². The summed E-state index contributed by atoms with van der Waals surface area (Å²) in [4.78, 5) is 83.6. The van der Waals surface area contributed by atoms with Crippen LogP contribution < -0.4 is 43.6 Å². The molecule has 0 spiro atoms. The highest BCUT2D eigenvalue weighted by molar-refractivity contribution is 9.11. The van der Waals surface area contributed by atoms with E-state index >= 15 is 0 Å². The fraction of sp³-hybridized carbons (Fsp3) is 0.495. The van der Waals surface area contributed by atoms with Crippen molar-refractivity contribution in [3.05, 3.63) is 220 Å². The third-order valence-electron chi connectivity index (χ3n) is 26.7. The van der Waals surface area contributed by atoms with Crippen LogP contribution in [0.3, 0.4) is 0 Å². The Labute approximate surface area is 757 Å². The molecule has 6 heterocycles. The maximum absolute atomic E-state index is 12.6. The van der Waals surface area contributed by atoms with Gasteiger partial charge in [-0.15, -0.1) is 0 Å². The summed E-state index contributed by atoms with van der Waals surface area (Å²) in [6.07, 6.45) is 31.9. The summed E-state index contributed by atoms with van der Waals surface area (Å²) in [5, 5.41) is 60.8. The van der Waals surface area contributed by atoms with Gasteiger partial charge in [-0.3, -0.25) is 29.7 Å². The molecule has 0 unspecified atom stereocenters. The van der Waals surface area contributed by atoms with Crippen molar-refractivity contribution in [2.45, 2.75) is 236 Å². The first-order valence-corrected chi connectivity index (χ1v) is 46.4. The van der Waals surface area contributed by atoms with Gasteiger partial charge in [0.1, 0.15) is 35.5 Å². The number of nitrogen functional groups attached to an aromatic ring is 3. The number of phenols is 1. The highest BCUT2D eigenvalue weighted by Gasteiger charge is 2.55. The van der Waals surface area contributed by atoms with Crippen LogP contribution in [0.15, 0.2) is 141 Å². The number of nitro groups is 1. The molecule has 2 saturated heterocycles. The van der Waals surface area contributed by atoms with Gasteiger partial charge in [-0.1, -0.05) is 102 Å². The first-order valence-electron chi connectivity index (χ1n) is 43.2. The lowest BCUT2D eigenvalue weighted by molar-refractivity contribution is -0.392. The molecule has 6 aliphatic carbocycles. The Hall–Kier alpha value is -8.47. The van der Waals surface area contributed by atoms with Crippen molar-refractivity contribution in [2.24, 2.45) is 17.7 Å². The second-order valence-electron chi connectivity index (χ2n) is 34.0. The number of ether oxygens (including phenoxy) is 1. The van der Waals surface area contributed by atoms with Gasteiger partial charge >= 0.3 is 17.8 Å². The number of hydrogen-bond donors (Lipinski definition) is 10. The number of nitrogens with one attached hydrogen (secondary N) is 2. The molecule has 0 radical (unpaired) electrons. The Morgan fingerprint density at radius 2 is 1.28 bits per heavy atom. The van der Waals surface area contributed by atoms with E-state index in [4.69, 9.17) is 31.6 Å².